The summed E-state index contributed by atoms with van der Waals surface area (Å²) in [6, 6.07) is 0. The molecular weight excluding hydrogens is 218 g/mol. The van der Waals surface area contributed by atoms with Crippen LogP contribution in [0.15, 0.2) is 0 Å². The average Bonchev–Trinajstić information content (AvgIpc) is 1.84. The van der Waals surface area contributed by atoms with Gasteiger partial charge in [-0.05, 0) is 0 Å². The monoisotopic (exact) mass is 216 g/mol. The van der Waals surface area contributed by atoms with E-state index in [1.165, 1.54) is 0 Å². The van der Waals surface area contributed by atoms with Crippen LogP contribution in [0.2, 0.25) is 20.6 Å². The molecule has 0 unspecified atom stereocenters. The first-order chi connectivity index (χ1) is 4.61. The Morgan fingerprint density at radius 3 is 1.00 bits per heavy atom. The molecule has 6 heteroatoms. The fourth-order valence-electron chi connectivity index (χ4n) is 0.357. The van der Waals surface area contributed by atoms with Gasteiger partial charge in [-0.15, -0.1) is 0 Å². The van der Waals surface area contributed by atoms with Crippen molar-refractivity contribution >= 4 is 46.4 Å². The van der Waals surface area contributed by atoms with Gasteiger partial charge in [0, 0.05) is 0 Å². The van der Waals surface area contributed by atoms with E-state index in [4.69, 9.17) is 46.4 Å². The Hall–Kier alpha value is 0.240. The van der Waals surface area contributed by atoms with Gasteiger partial charge in [0.2, 0.25) is 0 Å². The summed E-state index contributed by atoms with van der Waals surface area (Å²) in [6.07, 6.45) is 0. The van der Waals surface area contributed by atoms with Gasteiger partial charge < -0.3 is 0 Å². The minimum absolute atomic E-state index is 0.0519. The summed E-state index contributed by atoms with van der Waals surface area (Å²) < 4.78 is 0. The lowest BCUT2D eigenvalue weighted by molar-refractivity contribution is 1.20. The highest BCUT2D eigenvalue weighted by Gasteiger charge is 2.05. The van der Waals surface area contributed by atoms with Crippen LogP contribution in [0.4, 0.5) is 0 Å². The van der Waals surface area contributed by atoms with Gasteiger partial charge in [0.25, 0.3) is 0 Å². The third-order valence-electron chi connectivity index (χ3n) is 0.733. The lowest BCUT2D eigenvalue weighted by Crippen LogP contribution is -1.84. The van der Waals surface area contributed by atoms with E-state index in [-0.39, 0.29) is 20.6 Å². The molecule has 0 spiro atoms. The van der Waals surface area contributed by atoms with E-state index in [2.05, 4.69) is 9.97 Å². The predicted octanol–water partition coefficient (Wildman–Crippen LogP) is 3.09. The SMILES string of the molecule is Clc1nc(Cl)c(Cl)nc1Cl. The second kappa shape index (κ2) is 3.09. The molecule has 1 aromatic heterocycles. The van der Waals surface area contributed by atoms with E-state index >= 15 is 0 Å². The van der Waals surface area contributed by atoms with Crippen LogP contribution in [0.25, 0.3) is 0 Å². The van der Waals surface area contributed by atoms with Gasteiger partial charge in [0.1, 0.15) is 0 Å². The maximum absolute atomic E-state index is 5.44. The second-order valence-corrected chi connectivity index (χ2v) is 2.82. The largest absolute Gasteiger partial charge is 0.218 e. The maximum Gasteiger partial charge on any atom is 0.168 e. The van der Waals surface area contributed by atoms with Crippen molar-refractivity contribution in [2.24, 2.45) is 0 Å². The van der Waals surface area contributed by atoms with E-state index in [9.17, 15) is 0 Å². The molecule has 0 saturated carbocycles. The normalized spacial score (nSPS) is 10.0. The number of halogens is 4. The van der Waals surface area contributed by atoms with E-state index in [1.54, 1.807) is 0 Å². The average molecular weight is 218 g/mol. The topological polar surface area (TPSA) is 25.8 Å². The molecule has 0 aliphatic rings. The Labute approximate surface area is 77.1 Å². The van der Waals surface area contributed by atoms with Gasteiger partial charge in [0.15, 0.2) is 20.6 Å². The molecule has 0 fully saturated rings. The fourth-order valence-corrected chi connectivity index (χ4v) is 0.950. The molecule has 0 N–H and O–H groups in total. The summed E-state index contributed by atoms with van der Waals surface area (Å²) in [7, 11) is 0. The van der Waals surface area contributed by atoms with Gasteiger partial charge in [-0.1, -0.05) is 46.4 Å². The fraction of sp³-hybridized carbons (Fsp3) is 0. The van der Waals surface area contributed by atoms with Crippen molar-refractivity contribution in [1.82, 2.24) is 9.97 Å². The molecule has 0 aliphatic carbocycles. The van der Waals surface area contributed by atoms with E-state index in [1.807, 2.05) is 0 Å². The molecule has 10 heavy (non-hydrogen) atoms. The van der Waals surface area contributed by atoms with Gasteiger partial charge in [-0.25, -0.2) is 9.97 Å². The lowest BCUT2D eigenvalue weighted by atomic mass is 10.7. The van der Waals surface area contributed by atoms with Gasteiger partial charge in [0.05, 0.1) is 0 Å². The summed E-state index contributed by atoms with van der Waals surface area (Å²) >= 11 is 21.7. The van der Waals surface area contributed by atoms with Gasteiger partial charge in [-0.2, -0.15) is 0 Å². The van der Waals surface area contributed by atoms with Crippen molar-refractivity contribution in [2.45, 2.75) is 0 Å². The first-order valence-electron chi connectivity index (χ1n) is 2.15. The summed E-state index contributed by atoms with van der Waals surface area (Å²) in [5, 5.41) is 0.208. The number of aromatic nitrogens is 2. The molecular formula is C4Cl4N2. The van der Waals surface area contributed by atoms with Crippen LogP contribution in [-0.2, 0) is 0 Å². The van der Waals surface area contributed by atoms with Crippen LogP contribution in [0.1, 0.15) is 0 Å². The number of rotatable bonds is 0. The number of hydrogen-bond acceptors (Lipinski definition) is 2. The smallest absolute Gasteiger partial charge is 0.168 e. The Balaban J connectivity index is 3.28. The molecule has 1 aromatic rings. The molecule has 0 amide bonds. The summed E-state index contributed by atoms with van der Waals surface area (Å²) in [5.74, 6) is 0. The Morgan fingerprint density at radius 1 is 0.600 bits per heavy atom. The highest BCUT2D eigenvalue weighted by Crippen LogP contribution is 2.24. The van der Waals surface area contributed by atoms with Crippen molar-refractivity contribution in [3.8, 4) is 0 Å². The summed E-state index contributed by atoms with van der Waals surface area (Å²) in [6.45, 7) is 0. The Bertz CT molecular complexity index is 211. The molecule has 1 heterocycles. The maximum atomic E-state index is 5.44. The van der Waals surface area contributed by atoms with Gasteiger partial charge >= 0.3 is 0 Å². The minimum atomic E-state index is 0.0519. The number of nitrogens with zero attached hydrogens (tertiary/aromatic N) is 2. The summed E-state index contributed by atoms with van der Waals surface area (Å²) in [4.78, 5) is 7.15. The molecule has 1 rings (SSSR count). The highest BCUT2D eigenvalue weighted by molar-refractivity contribution is 6.44. The van der Waals surface area contributed by atoms with Crippen molar-refractivity contribution in [1.29, 1.82) is 0 Å². The van der Waals surface area contributed by atoms with Crippen LogP contribution < -0.4 is 0 Å². The Morgan fingerprint density at radius 2 is 0.800 bits per heavy atom. The third-order valence-corrected chi connectivity index (χ3v) is 1.98. The molecule has 54 valence electrons. The third kappa shape index (κ3) is 1.64. The van der Waals surface area contributed by atoms with Crippen LogP contribution in [-0.4, -0.2) is 9.97 Å². The zero-order chi connectivity index (χ0) is 7.72. The standard InChI is InChI=1S/C4Cl4N2/c5-1-2(6)10-4(8)3(7)9-1. The van der Waals surface area contributed by atoms with Crippen LogP contribution in [0.5, 0.6) is 0 Å². The molecule has 0 radical (unpaired) electrons. The quantitative estimate of drug-likeness (QED) is 0.668. The minimum Gasteiger partial charge on any atom is -0.218 e. The second-order valence-electron chi connectivity index (χ2n) is 1.39. The van der Waals surface area contributed by atoms with E-state index in [0.717, 1.165) is 0 Å². The molecule has 0 atom stereocenters. The molecule has 0 aliphatic heterocycles. The van der Waals surface area contributed by atoms with E-state index < -0.39 is 0 Å². The molecule has 0 bridgehead atoms. The van der Waals surface area contributed by atoms with Crippen molar-refractivity contribution in [2.75, 3.05) is 0 Å². The summed E-state index contributed by atoms with van der Waals surface area (Å²) in [5.41, 5.74) is 0. The first-order valence-corrected chi connectivity index (χ1v) is 3.66. The highest BCUT2D eigenvalue weighted by atomic mass is 35.5. The number of hydrogen-bond donors (Lipinski definition) is 0. The van der Waals surface area contributed by atoms with Crippen molar-refractivity contribution in [3.63, 3.8) is 0 Å². The van der Waals surface area contributed by atoms with Crippen LogP contribution in [0, 0.1) is 0 Å². The molecule has 2 nitrogen and oxygen atoms in total. The van der Waals surface area contributed by atoms with Crippen molar-refractivity contribution in [3.05, 3.63) is 20.6 Å². The predicted molar refractivity (Wildman–Crippen MR) is 42.1 cm³/mol. The molecule has 0 aromatic carbocycles. The molecule has 0 saturated heterocycles. The van der Waals surface area contributed by atoms with Crippen molar-refractivity contribution < 1.29 is 0 Å². The van der Waals surface area contributed by atoms with Crippen LogP contribution >= 0.6 is 46.4 Å². The van der Waals surface area contributed by atoms with Crippen LogP contribution in [0.3, 0.4) is 0 Å². The lowest BCUT2D eigenvalue weighted by Gasteiger charge is -1.95. The van der Waals surface area contributed by atoms with E-state index in [0.29, 0.717) is 0 Å². The first kappa shape index (κ1) is 8.34. The van der Waals surface area contributed by atoms with Gasteiger partial charge in [-0.3, -0.25) is 0 Å². The Kier molecular flexibility index (Phi) is 2.58. The zero-order valence-electron chi connectivity index (χ0n) is 4.41. The zero-order valence-corrected chi connectivity index (χ0v) is 7.43.